The van der Waals surface area contributed by atoms with Crippen LogP contribution in [0.5, 0.6) is 0 Å². The summed E-state index contributed by atoms with van der Waals surface area (Å²) >= 11 is 0. The van der Waals surface area contributed by atoms with Gasteiger partial charge in [0.1, 0.15) is 5.52 Å². The Hall–Kier alpha value is -1.58. The molecule has 4 heteroatoms. The fourth-order valence-corrected chi connectivity index (χ4v) is 2.23. The SMILES string of the molecule is c1cn2cncc2c(NC2CCCC2)n1. The van der Waals surface area contributed by atoms with E-state index in [0.29, 0.717) is 6.04 Å². The summed E-state index contributed by atoms with van der Waals surface area (Å²) in [5, 5.41) is 3.50. The number of aromatic nitrogens is 3. The second-order valence-electron chi connectivity index (χ2n) is 4.09. The molecular formula is C11H14N4. The van der Waals surface area contributed by atoms with E-state index in [1.807, 2.05) is 23.0 Å². The zero-order valence-corrected chi connectivity index (χ0v) is 8.56. The topological polar surface area (TPSA) is 42.2 Å². The molecule has 0 aromatic carbocycles. The summed E-state index contributed by atoms with van der Waals surface area (Å²) in [7, 11) is 0. The average Bonchev–Trinajstić information content (AvgIpc) is 2.87. The van der Waals surface area contributed by atoms with Crippen molar-refractivity contribution in [1.82, 2.24) is 14.4 Å². The van der Waals surface area contributed by atoms with Crippen LogP contribution in [0.25, 0.3) is 5.52 Å². The number of fused-ring (bicyclic) bond motifs is 1. The van der Waals surface area contributed by atoms with Gasteiger partial charge in [-0.2, -0.15) is 0 Å². The van der Waals surface area contributed by atoms with Gasteiger partial charge in [0.25, 0.3) is 0 Å². The lowest BCUT2D eigenvalue weighted by atomic mass is 10.2. The summed E-state index contributed by atoms with van der Waals surface area (Å²) in [5.41, 5.74) is 1.06. The normalized spacial score (nSPS) is 17.3. The summed E-state index contributed by atoms with van der Waals surface area (Å²) < 4.78 is 1.99. The summed E-state index contributed by atoms with van der Waals surface area (Å²) in [4.78, 5) is 8.49. The molecule has 2 aromatic heterocycles. The number of rotatable bonds is 2. The number of anilines is 1. The molecular weight excluding hydrogens is 188 g/mol. The van der Waals surface area contributed by atoms with Crippen LogP contribution in [0, 0.1) is 0 Å². The minimum Gasteiger partial charge on any atom is -0.366 e. The third-order valence-corrected chi connectivity index (χ3v) is 3.04. The van der Waals surface area contributed by atoms with E-state index in [9.17, 15) is 0 Å². The molecule has 0 bridgehead atoms. The monoisotopic (exact) mass is 202 g/mol. The molecule has 0 radical (unpaired) electrons. The van der Waals surface area contributed by atoms with E-state index in [-0.39, 0.29) is 0 Å². The van der Waals surface area contributed by atoms with Crippen LogP contribution in [-0.2, 0) is 0 Å². The number of nitrogens with one attached hydrogen (secondary N) is 1. The summed E-state index contributed by atoms with van der Waals surface area (Å²) in [6, 6.07) is 0.596. The molecule has 0 atom stereocenters. The summed E-state index contributed by atoms with van der Waals surface area (Å²) in [6.45, 7) is 0. The Balaban J connectivity index is 1.92. The zero-order chi connectivity index (χ0) is 10.1. The predicted molar refractivity (Wildman–Crippen MR) is 58.9 cm³/mol. The number of hydrogen-bond donors (Lipinski definition) is 1. The van der Waals surface area contributed by atoms with Crippen molar-refractivity contribution in [3.8, 4) is 0 Å². The lowest BCUT2D eigenvalue weighted by molar-refractivity contribution is 0.751. The highest BCUT2D eigenvalue weighted by atomic mass is 15.1. The molecule has 4 nitrogen and oxygen atoms in total. The van der Waals surface area contributed by atoms with Crippen molar-refractivity contribution >= 4 is 11.3 Å². The fourth-order valence-electron chi connectivity index (χ4n) is 2.23. The molecule has 15 heavy (non-hydrogen) atoms. The molecule has 0 aliphatic heterocycles. The first kappa shape index (κ1) is 8.71. The van der Waals surface area contributed by atoms with Crippen LogP contribution in [0.3, 0.4) is 0 Å². The van der Waals surface area contributed by atoms with Gasteiger partial charge in [0.2, 0.25) is 0 Å². The van der Waals surface area contributed by atoms with Gasteiger partial charge in [-0.05, 0) is 12.8 Å². The van der Waals surface area contributed by atoms with E-state index in [1.54, 1.807) is 6.33 Å². The minimum absolute atomic E-state index is 0.596. The van der Waals surface area contributed by atoms with Gasteiger partial charge in [-0.1, -0.05) is 12.8 Å². The smallest absolute Gasteiger partial charge is 0.152 e. The van der Waals surface area contributed by atoms with Crippen molar-refractivity contribution in [2.45, 2.75) is 31.7 Å². The van der Waals surface area contributed by atoms with E-state index < -0.39 is 0 Å². The maximum Gasteiger partial charge on any atom is 0.152 e. The van der Waals surface area contributed by atoms with Crippen LogP contribution in [0.2, 0.25) is 0 Å². The van der Waals surface area contributed by atoms with Crippen molar-refractivity contribution in [1.29, 1.82) is 0 Å². The van der Waals surface area contributed by atoms with E-state index in [4.69, 9.17) is 0 Å². The summed E-state index contributed by atoms with van der Waals surface area (Å²) in [6.07, 6.45) is 12.6. The molecule has 0 saturated heterocycles. The highest BCUT2D eigenvalue weighted by Gasteiger charge is 2.16. The molecule has 1 saturated carbocycles. The fraction of sp³-hybridized carbons (Fsp3) is 0.455. The van der Waals surface area contributed by atoms with Gasteiger partial charge in [0, 0.05) is 18.4 Å². The first-order valence-electron chi connectivity index (χ1n) is 5.47. The average molecular weight is 202 g/mol. The first-order chi connectivity index (χ1) is 7.43. The molecule has 3 rings (SSSR count). The van der Waals surface area contributed by atoms with E-state index in [0.717, 1.165) is 11.3 Å². The maximum absolute atomic E-state index is 4.37. The number of imidazole rings is 1. The third-order valence-electron chi connectivity index (χ3n) is 3.04. The standard InChI is InChI=1S/C11H14N4/c1-2-4-9(3-1)14-11-10-7-12-8-15(10)6-5-13-11/h5-9H,1-4H2,(H,13,14). The molecule has 1 aliphatic rings. The molecule has 1 N–H and O–H groups in total. The first-order valence-corrected chi connectivity index (χ1v) is 5.47. The molecule has 2 heterocycles. The summed E-state index contributed by atoms with van der Waals surface area (Å²) in [5.74, 6) is 0.960. The van der Waals surface area contributed by atoms with Crippen molar-refractivity contribution in [2.75, 3.05) is 5.32 Å². The Morgan fingerprint density at radius 2 is 2.20 bits per heavy atom. The van der Waals surface area contributed by atoms with Crippen LogP contribution in [0.1, 0.15) is 25.7 Å². The maximum atomic E-state index is 4.37. The highest BCUT2D eigenvalue weighted by Crippen LogP contribution is 2.23. The molecule has 0 amide bonds. The largest absolute Gasteiger partial charge is 0.366 e. The van der Waals surface area contributed by atoms with Crippen LogP contribution in [0.4, 0.5) is 5.82 Å². The zero-order valence-electron chi connectivity index (χ0n) is 8.56. The lowest BCUT2D eigenvalue weighted by Crippen LogP contribution is -2.15. The quantitative estimate of drug-likeness (QED) is 0.810. The second-order valence-corrected chi connectivity index (χ2v) is 4.09. The lowest BCUT2D eigenvalue weighted by Gasteiger charge is -2.12. The van der Waals surface area contributed by atoms with Crippen LogP contribution < -0.4 is 5.32 Å². The van der Waals surface area contributed by atoms with Gasteiger partial charge in [-0.15, -0.1) is 0 Å². The van der Waals surface area contributed by atoms with Gasteiger partial charge in [-0.3, -0.25) is 0 Å². The molecule has 78 valence electrons. The highest BCUT2D eigenvalue weighted by molar-refractivity contribution is 5.66. The molecule has 0 spiro atoms. The van der Waals surface area contributed by atoms with Crippen molar-refractivity contribution < 1.29 is 0 Å². The van der Waals surface area contributed by atoms with Gasteiger partial charge >= 0.3 is 0 Å². The van der Waals surface area contributed by atoms with Crippen LogP contribution in [-0.4, -0.2) is 20.4 Å². The van der Waals surface area contributed by atoms with Crippen molar-refractivity contribution in [2.24, 2.45) is 0 Å². The van der Waals surface area contributed by atoms with Crippen LogP contribution >= 0.6 is 0 Å². The Morgan fingerprint density at radius 3 is 3.07 bits per heavy atom. The van der Waals surface area contributed by atoms with Gasteiger partial charge in [0.05, 0.1) is 12.5 Å². The van der Waals surface area contributed by atoms with Crippen molar-refractivity contribution in [3.63, 3.8) is 0 Å². The Labute approximate surface area is 88.4 Å². The molecule has 2 aromatic rings. The van der Waals surface area contributed by atoms with E-state index >= 15 is 0 Å². The second kappa shape index (κ2) is 3.53. The Bertz CT molecular complexity index is 456. The van der Waals surface area contributed by atoms with E-state index in [1.165, 1.54) is 25.7 Å². The number of hydrogen-bond acceptors (Lipinski definition) is 3. The molecule has 1 aliphatic carbocycles. The predicted octanol–water partition coefficient (Wildman–Crippen LogP) is 2.08. The Morgan fingerprint density at radius 1 is 1.33 bits per heavy atom. The van der Waals surface area contributed by atoms with Gasteiger partial charge < -0.3 is 9.72 Å². The van der Waals surface area contributed by atoms with Gasteiger partial charge in [0.15, 0.2) is 5.82 Å². The van der Waals surface area contributed by atoms with Gasteiger partial charge in [-0.25, -0.2) is 9.97 Å². The van der Waals surface area contributed by atoms with Crippen LogP contribution in [0.15, 0.2) is 24.9 Å². The molecule has 1 fully saturated rings. The van der Waals surface area contributed by atoms with Crippen molar-refractivity contribution in [3.05, 3.63) is 24.9 Å². The minimum atomic E-state index is 0.596. The molecule has 0 unspecified atom stereocenters. The third kappa shape index (κ3) is 1.56. The number of nitrogens with zero attached hydrogens (tertiary/aromatic N) is 3. The van der Waals surface area contributed by atoms with E-state index in [2.05, 4.69) is 15.3 Å². The Kier molecular flexibility index (Phi) is 2.05.